The van der Waals surface area contributed by atoms with Crippen molar-refractivity contribution in [2.45, 2.75) is 4.90 Å². The predicted molar refractivity (Wildman–Crippen MR) is 79.2 cm³/mol. The standard InChI is InChI=1S/C13H9ClN2O5S/c14-11-8-4-7-10(12(11)16(18)19)13(17)15-22(20,21)9-5-2-1-3-6-9/h1-8H,(H,15,17). The Labute approximate surface area is 130 Å². The Balaban J connectivity index is 2.39. The van der Waals surface area contributed by atoms with E-state index in [9.17, 15) is 23.3 Å². The number of nitro benzene ring substituents is 1. The minimum absolute atomic E-state index is 0.131. The van der Waals surface area contributed by atoms with Gasteiger partial charge in [0.05, 0.1) is 9.82 Å². The number of sulfonamides is 1. The monoisotopic (exact) mass is 340 g/mol. The highest BCUT2D eigenvalue weighted by atomic mass is 35.5. The summed E-state index contributed by atoms with van der Waals surface area (Å²) in [6.07, 6.45) is 0. The largest absolute Gasteiger partial charge is 0.300 e. The first-order valence-electron chi connectivity index (χ1n) is 5.88. The summed E-state index contributed by atoms with van der Waals surface area (Å²) in [5.74, 6) is -1.13. The van der Waals surface area contributed by atoms with Crippen LogP contribution in [0.1, 0.15) is 10.4 Å². The summed E-state index contributed by atoms with van der Waals surface area (Å²) in [6, 6.07) is 10.9. The number of para-hydroxylation sites is 1. The molecule has 0 bridgehead atoms. The van der Waals surface area contributed by atoms with Crippen molar-refractivity contribution in [2.24, 2.45) is 0 Å². The molecule has 0 saturated carbocycles. The third-order valence-electron chi connectivity index (χ3n) is 2.69. The van der Waals surface area contributed by atoms with Gasteiger partial charge < -0.3 is 0 Å². The number of hydrogen-bond acceptors (Lipinski definition) is 5. The fourth-order valence-electron chi connectivity index (χ4n) is 1.72. The molecule has 0 aromatic heterocycles. The average molecular weight is 341 g/mol. The number of hydrogen-bond donors (Lipinski definition) is 1. The van der Waals surface area contributed by atoms with Crippen LogP contribution in [-0.4, -0.2) is 19.2 Å². The zero-order valence-corrected chi connectivity index (χ0v) is 12.5. The summed E-state index contributed by atoms with van der Waals surface area (Å²) in [5, 5.41) is 10.7. The second-order valence-electron chi connectivity index (χ2n) is 4.14. The second-order valence-corrected chi connectivity index (χ2v) is 6.23. The van der Waals surface area contributed by atoms with E-state index in [-0.39, 0.29) is 9.92 Å². The topological polar surface area (TPSA) is 106 Å². The lowest BCUT2D eigenvalue weighted by atomic mass is 10.2. The van der Waals surface area contributed by atoms with Crippen LogP contribution in [0.5, 0.6) is 0 Å². The molecule has 0 aliphatic heterocycles. The van der Waals surface area contributed by atoms with Crippen LogP contribution in [-0.2, 0) is 10.0 Å². The summed E-state index contributed by atoms with van der Waals surface area (Å²) in [5.41, 5.74) is -1.08. The zero-order valence-electron chi connectivity index (χ0n) is 10.9. The number of rotatable bonds is 4. The first kappa shape index (κ1) is 15.9. The molecular formula is C13H9ClN2O5S. The van der Waals surface area contributed by atoms with Crippen molar-refractivity contribution in [3.8, 4) is 0 Å². The van der Waals surface area contributed by atoms with E-state index in [0.717, 1.165) is 6.07 Å². The van der Waals surface area contributed by atoms with Crippen LogP contribution in [0.15, 0.2) is 53.4 Å². The Morgan fingerprint density at radius 1 is 1.09 bits per heavy atom. The SMILES string of the molecule is O=C(NS(=O)(=O)c1ccccc1)c1cccc(Cl)c1[N+](=O)[O-]. The zero-order chi connectivity index (χ0) is 16.3. The summed E-state index contributed by atoms with van der Waals surface area (Å²) in [7, 11) is -4.13. The summed E-state index contributed by atoms with van der Waals surface area (Å²) in [4.78, 5) is 22.1. The Morgan fingerprint density at radius 3 is 2.32 bits per heavy atom. The van der Waals surface area contributed by atoms with Crippen LogP contribution in [0, 0.1) is 10.1 Å². The molecule has 22 heavy (non-hydrogen) atoms. The maximum absolute atomic E-state index is 12.1. The third-order valence-corrected chi connectivity index (χ3v) is 4.35. The lowest BCUT2D eigenvalue weighted by Crippen LogP contribution is -2.31. The molecule has 0 fully saturated rings. The number of nitro groups is 1. The van der Waals surface area contributed by atoms with E-state index in [4.69, 9.17) is 11.6 Å². The molecule has 2 aromatic rings. The van der Waals surface area contributed by atoms with E-state index < -0.39 is 32.1 Å². The molecule has 114 valence electrons. The maximum Gasteiger partial charge on any atom is 0.300 e. The van der Waals surface area contributed by atoms with Crippen molar-refractivity contribution in [2.75, 3.05) is 0 Å². The summed E-state index contributed by atoms with van der Waals surface area (Å²) in [6.45, 7) is 0. The van der Waals surface area contributed by atoms with Crippen molar-refractivity contribution in [3.05, 3.63) is 69.2 Å². The van der Waals surface area contributed by atoms with Crippen molar-refractivity contribution in [3.63, 3.8) is 0 Å². The molecule has 2 aromatic carbocycles. The molecule has 0 radical (unpaired) electrons. The van der Waals surface area contributed by atoms with E-state index >= 15 is 0 Å². The Kier molecular flexibility index (Phi) is 4.43. The van der Waals surface area contributed by atoms with Gasteiger partial charge in [-0.05, 0) is 24.3 Å². The van der Waals surface area contributed by atoms with Crippen molar-refractivity contribution in [1.82, 2.24) is 4.72 Å². The van der Waals surface area contributed by atoms with Crippen LogP contribution in [0.2, 0.25) is 5.02 Å². The number of carbonyl (C=O) groups is 1. The van der Waals surface area contributed by atoms with Gasteiger partial charge in [0.15, 0.2) is 0 Å². The molecule has 0 atom stereocenters. The van der Waals surface area contributed by atoms with Crippen molar-refractivity contribution < 1.29 is 18.1 Å². The number of carbonyl (C=O) groups excluding carboxylic acids is 1. The van der Waals surface area contributed by atoms with E-state index in [1.165, 1.54) is 36.4 Å². The molecule has 0 aliphatic rings. The van der Waals surface area contributed by atoms with Crippen LogP contribution < -0.4 is 4.72 Å². The Bertz CT molecular complexity index is 837. The minimum atomic E-state index is -4.13. The predicted octanol–water partition coefficient (Wildman–Crippen LogP) is 2.37. The van der Waals surface area contributed by atoms with Gasteiger partial charge in [0.2, 0.25) is 0 Å². The highest BCUT2D eigenvalue weighted by Crippen LogP contribution is 2.28. The van der Waals surface area contributed by atoms with Crippen molar-refractivity contribution >= 4 is 33.2 Å². The van der Waals surface area contributed by atoms with E-state index in [0.29, 0.717) is 0 Å². The third kappa shape index (κ3) is 3.23. The molecule has 9 heteroatoms. The van der Waals surface area contributed by atoms with Gasteiger partial charge in [-0.15, -0.1) is 0 Å². The Morgan fingerprint density at radius 2 is 1.73 bits per heavy atom. The quantitative estimate of drug-likeness (QED) is 0.679. The van der Waals surface area contributed by atoms with E-state index in [1.54, 1.807) is 10.8 Å². The smallest absolute Gasteiger partial charge is 0.268 e. The van der Waals surface area contributed by atoms with E-state index in [1.807, 2.05) is 0 Å². The van der Waals surface area contributed by atoms with Gasteiger partial charge >= 0.3 is 5.69 Å². The molecule has 0 heterocycles. The van der Waals surface area contributed by atoms with Gasteiger partial charge in [-0.1, -0.05) is 35.9 Å². The van der Waals surface area contributed by atoms with Gasteiger partial charge in [-0.2, -0.15) is 0 Å². The summed E-state index contributed by atoms with van der Waals surface area (Å²) < 4.78 is 25.9. The van der Waals surface area contributed by atoms with Crippen LogP contribution in [0.25, 0.3) is 0 Å². The lowest BCUT2D eigenvalue weighted by molar-refractivity contribution is -0.385. The molecule has 1 amide bonds. The number of benzene rings is 2. The molecule has 0 spiro atoms. The molecule has 1 N–H and O–H groups in total. The number of halogens is 1. The molecular weight excluding hydrogens is 332 g/mol. The highest BCUT2D eigenvalue weighted by molar-refractivity contribution is 7.90. The Hall–Kier alpha value is -2.45. The first-order valence-corrected chi connectivity index (χ1v) is 7.74. The first-order chi connectivity index (χ1) is 10.3. The van der Waals surface area contributed by atoms with Gasteiger partial charge in [-0.25, -0.2) is 13.1 Å². The average Bonchev–Trinajstić information content (AvgIpc) is 2.47. The minimum Gasteiger partial charge on any atom is -0.268 e. The maximum atomic E-state index is 12.1. The molecule has 7 nitrogen and oxygen atoms in total. The molecule has 0 saturated heterocycles. The fraction of sp³-hybridized carbons (Fsp3) is 0. The summed E-state index contributed by atoms with van der Waals surface area (Å²) >= 11 is 5.69. The van der Waals surface area contributed by atoms with Gasteiger partial charge in [-0.3, -0.25) is 14.9 Å². The van der Waals surface area contributed by atoms with Crippen LogP contribution in [0.4, 0.5) is 5.69 Å². The van der Waals surface area contributed by atoms with Gasteiger partial charge in [0.25, 0.3) is 15.9 Å². The molecule has 2 rings (SSSR count). The van der Waals surface area contributed by atoms with Gasteiger partial charge in [0, 0.05) is 0 Å². The molecule has 0 unspecified atom stereocenters. The van der Waals surface area contributed by atoms with Crippen molar-refractivity contribution in [1.29, 1.82) is 0 Å². The van der Waals surface area contributed by atoms with Gasteiger partial charge in [0.1, 0.15) is 10.6 Å². The highest BCUT2D eigenvalue weighted by Gasteiger charge is 2.27. The van der Waals surface area contributed by atoms with Crippen LogP contribution >= 0.6 is 11.6 Å². The second kappa shape index (κ2) is 6.12. The van der Waals surface area contributed by atoms with Crippen LogP contribution in [0.3, 0.4) is 0 Å². The molecule has 0 aliphatic carbocycles. The number of amides is 1. The van der Waals surface area contributed by atoms with E-state index in [2.05, 4.69) is 0 Å². The number of nitrogens with zero attached hydrogens (tertiary/aromatic N) is 1. The number of nitrogens with one attached hydrogen (secondary N) is 1. The lowest BCUT2D eigenvalue weighted by Gasteiger charge is -2.07. The normalized spacial score (nSPS) is 11.0. The fourth-order valence-corrected chi connectivity index (χ4v) is 2.95.